The molecule has 1 aliphatic carbocycles. The summed E-state index contributed by atoms with van der Waals surface area (Å²) in [6, 6.07) is 61.5. The molecule has 0 radical (unpaired) electrons. The lowest BCUT2D eigenvalue weighted by molar-refractivity contribution is 0.769. The molecular weight excluding hydrogens is 675 g/mol. The third-order valence-corrected chi connectivity index (χ3v) is 11.1. The zero-order valence-corrected chi connectivity index (χ0v) is 30.4. The topological polar surface area (TPSA) is 65.6 Å². The first kappa shape index (κ1) is 32.5. The van der Waals surface area contributed by atoms with E-state index in [1.807, 2.05) is 80.8 Å². The Labute approximate surface area is 318 Å². The first-order chi connectivity index (χ1) is 27.0. The molecule has 0 amide bonds. The molecule has 262 valence electrons. The number of nitrogens with zero attached hydrogens (tertiary/aromatic N) is 5. The van der Waals surface area contributed by atoms with Gasteiger partial charge in [0, 0.05) is 30.8 Å². The SMILES string of the molecule is Cn1c(=O)n(C)c2cc(-c3ccc4c(c3)C(c3ccccc3)(c3ccccc3)c3cccc(-c5nc(-c6ccccc6)nc(-c6ccccc6)n5)c3-4)ccc21. The molecule has 7 aromatic carbocycles. The zero-order valence-electron chi connectivity index (χ0n) is 30.4. The highest BCUT2D eigenvalue weighted by Gasteiger charge is 2.47. The molecule has 10 rings (SSSR count). The van der Waals surface area contributed by atoms with Gasteiger partial charge in [0.25, 0.3) is 0 Å². The molecule has 0 atom stereocenters. The number of aromatic nitrogens is 5. The number of hydrogen-bond donors (Lipinski definition) is 0. The van der Waals surface area contributed by atoms with Crippen LogP contribution in [-0.2, 0) is 19.5 Å². The molecule has 0 saturated heterocycles. The van der Waals surface area contributed by atoms with Crippen molar-refractivity contribution >= 4 is 11.0 Å². The smallest absolute Gasteiger partial charge is 0.295 e. The monoisotopic (exact) mass is 709 g/mol. The van der Waals surface area contributed by atoms with Crippen LogP contribution in [0.2, 0.25) is 0 Å². The second-order valence-corrected chi connectivity index (χ2v) is 14.1. The molecule has 9 aromatic rings. The van der Waals surface area contributed by atoms with Crippen molar-refractivity contribution in [2.24, 2.45) is 14.1 Å². The maximum absolute atomic E-state index is 12.9. The van der Waals surface area contributed by atoms with Crippen LogP contribution in [0.25, 0.3) is 67.5 Å². The molecular formula is C49H35N5O. The zero-order chi connectivity index (χ0) is 37.1. The predicted molar refractivity (Wildman–Crippen MR) is 221 cm³/mol. The maximum Gasteiger partial charge on any atom is 0.328 e. The first-order valence-corrected chi connectivity index (χ1v) is 18.4. The molecule has 0 bridgehead atoms. The number of aryl methyl sites for hydroxylation is 2. The molecule has 0 fully saturated rings. The minimum atomic E-state index is -0.652. The standard InChI is InChI=1S/C49H35N5O/c1-53-42-29-27-35(31-43(42)54(2)48(53)55)34-26-28-38-41(30-34)49(36-20-11-5-12-21-36,37-22-13-6-14-23-37)40-25-15-24-39(44(38)40)47-51-45(32-16-7-3-8-17-32)50-46(52-47)33-18-9-4-10-19-33/h3-31H,1-2H3. The van der Waals surface area contributed by atoms with Crippen molar-refractivity contribution in [2.75, 3.05) is 0 Å². The molecule has 1 aliphatic rings. The van der Waals surface area contributed by atoms with Crippen LogP contribution >= 0.6 is 0 Å². The van der Waals surface area contributed by atoms with Crippen molar-refractivity contribution in [1.29, 1.82) is 0 Å². The van der Waals surface area contributed by atoms with Crippen LogP contribution in [-0.4, -0.2) is 24.1 Å². The van der Waals surface area contributed by atoms with Gasteiger partial charge in [-0.25, -0.2) is 19.7 Å². The van der Waals surface area contributed by atoms with Crippen LogP contribution in [0, 0.1) is 0 Å². The molecule has 2 aromatic heterocycles. The Hall–Kier alpha value is -7.18. The number of benzene rings is 7. The van der Waals surface area contributed by atoms with E-state index in [2.05, 4.69) is 109 Å². The van der Waals surface area contributed by atoms with Gasteiger partial charge in [0.1, 0.15) is 0 Å². The van der Waals surface area contributed by atoms with E-state index in [9.17, 15) is 4.79 Å². The summed E-state index contributed by atoms with van der Waals surface area (Å²) in [5.74, 6) is 1.87. The van der Waals surface area contributed by atoms with Crippen molar-refractivity contribution in [3.8, 4) is 56.4 Å². The van der Waals surface area contributed by atoms with E-state index in [0.29, 0.717) is 17.5 Å². The van der Waals surface area contributed by atoms with Gasteiger partial charge in [0.05, 0.1) is 16.4 Å². The van der Waals surface area contributed by atoms with Crippen molar-refractivity contribution in [1.82, 2.24) is 24.1 Å². The molecule has 55 heavy (non-hydrogen) atoms. The minimum Gasteiger partial charge on any atom is -0.295 e. The summed E-state index contributed by atoms with van der Waals surface area (Å²) >= 11 is 0. The number of rotatable bonds is 6. The van der Waals surface area contributed by atoms with Crippen LogP contribution in [0.4, 0.5) is 0 Å². The van der Waals surface area contributed by atoms with Gasteiger partial charge in [0.2, 0.25) is 0 Å². The summed E-state index contributed by atoms with van der Waals surface area (Å²) in [5, 5.41) is 0. The Morgan fingerprint density at radius 1 is 0.418 bits per heavy atom. The molecule has 0 N–H and O–H groups in total. The van der Waals surface area contributed by atoms with Gasteiger partial charge < -0.3 is 0 Å². The average molecular weight is 710 g/mol. The van der Waals surface area contributed by atoms with E-state index in [4.69, 9.17) is 15.0 Å². The van der Waals surface area contributed by atoms with Gasteiger partial charge in [-0.3, -0.25) is 9.13 Å². The van der Waals surface area contributed by atoms with E-state index >= 15 is 0 Å². The van der Waals surface area contributed by atoms with Crippen molar-refractivity contribution in [2.45, 2.75) is 5.41 Å². The van der Waals surface area contributed by atoms with Crippen molar-refractivity contribution in [3.05, 3.63) is 209 Å². The number of fused-ring (bicyclic) bond motifs is 4. The summed E-state index contributed by atoms with van der Waals surface area (Å²) in [5.41, 5.74) is 12.9. The summed E-state index contributed by atoms with van der Waals surface area (Å²) in [6.07, 6.45) is 0. The lowest BCUT2D eigenvalue weighted by Gasteiger charge is -2.34. The highest BCUT2D eigenvalue weighted by Crippen LogP contribution is 2.58. The molecule has 0 spiro atoms. The van der Waals surface area contributed by atoms with Crippen LogP contribution in [0.5, 0.6) is 0 Å². The van der Waals surface area contributed by atoms with E-state index < -0.39 is 5.41 Å². The molecule has 0 unspecified atom stereocenters. The largest absolute Gasteiger partial charge is 0.328 e. The Bertz CT molecular complexity index is 2860. The summed E-state index contributed by atoms with van der Waals surface area (Å²) in [4.78, 5) is 28.3. The fraction of sp³-hybridized carbons (Fsp3) is 0.0612. The van der Waals surface area contributed by atoms with Crippen molar-refractivity contribution in [3.63, 3.8) is 0 Å². The van der Waals surface area contributed by atoms with E-state index in [1.165, 1.54) is 22.3 Å². The number of hydrogen-bond acceptors (Lipinski definition) is 4. The van der Waals surface area contributed by atoms with Gasteiger partial charge in [0.15, 0.2) is 17.5 Å². The van der Waals surface area contributed by atoms with E-state index in [-0.39, 0.29) is 5.69 Å². The summed E-state index contributed by atoms with van der Waals surface area (Å²) in [6.45, 7) is 0. The first-order valence-electron chi connectivity index (χ1n) is 18.4. The third-order valence-electron chi connectivity index (χ3n) is 11.1. The molecule has 6 heteroatoms. The van der Waals surface area contributed by atoms with Gasteiger partial charge in [-0.2, -0.15) is 0 Å². The highest BCUT2D eigenvalue weighted by molar-refractivity contribution is 5.96. The quantitative estimate of drug-likeness (QED) is 0.172. The Kier molecular flexibility index (Phi) is 7.52. The fourth-order valence-corrected chi connectivity index (χ4v) is 8.52. The minimum absolute atomic E-state index is 0.0413. The van der Waals surface area contributed by atoms with Crippen LogP contribution < -0.4 is 5.69 Å². The maximum atomic E-state index is 12.9. The molecule has 2 heterocycles. The fourth-order valence-electron chi connectivity index (χ4n) is 8.52. The lowest BCUT2D eigenvalue weighted by Crippen LogP contribution is -2.28. The Morgan fingerprint density at radius 3 is 1.53 bits per heavy atom. The summed E-state index contributed by atoms with van der Waals surface area (Å²) < 4.78 is 3.41. The Balaban J connectivity index is 1.28. The van der Waals surface area contributed by atoms with Crippen LogP contribution in [0.3, 0.4) is 0 Å². The van der Waals surface area contributed by atoms with Gasteiger partial charge in [-0.1, -0.05) is 158 Å². The highest BCUT2D eigenvalue weighted by atomic mass is 16.1. The molecule has 0 saturated carbocycles. The lowest BCUT2D eigenvalue weighted by atomic mass is 9.67. The second-order valence-electron chi connectivity index (χ2n) is 14.1. The van der Waals surface area contributed by atoms with Gasteiger partial charge in [-0.05, 0) is 62.7 Å². The molecule has 6 nitrogen and oxygen atoms in total. The van der Waals surface area contributed by atoms with Crippen LogP contribution in [0.15, 0.2) is 181 Å². The number of imidazole rings is 1. The van der Waals surface area contributed by atoms with Crippen molar-refractivity contribution < 1.29 is 0 Å². The van der Waals surface area contributed by atoms with Gasteiger partial charge >= 0.3 is 5.69 Å². The van der Waals surface area contributed by atoms with Crippen LogP contribution in [0.1, 0.15) is 22.3 Å². The predicted octanol–water partition coefficient (Wildman–Crippen LogP) is 10.1. The average Bonchev–Trinajstić information content (AvgIpc) is 3.68. The second kappa shape index (κ2) is 12.7. The van der Waals surface area contributed by atoms with E-state index in [0.717, 1.165) is 50.0 Å². The Morgan fingerprint density at radius 2 is 0.927 bits per heavy atom. The molecule has 0 aliphatic heterocycles. The summed E-state index contributed by atoms with van der Waals surface area (Å²) in [7, 11) is 3.65. The normalized spacial score (nSPS) is 12.8. The van der Waals surface area contributed by atoms with E-state index in [1.54, 1.807) is 9.13 Å². The third kappa shape index (κ3) is 5.02. The van der Waals surface area contributed by atoms with Gasteiger partial charge in [-0.15, -0.1) is 0 Å².